The van der Waals surface area contributed by atoms with Gasteiger partial charge in [0.2, 0.25) is 0 Å². The first-order valence-corrected chi connectivity index (χ1v) is 5.63. The molecule has 0 amide bonds. The lowest BCUT2D eigenvalue weighted by Gasteiger charge is -2.01. The van der Waals surface area contributed by atoms with Gasteiger partial charge in [-0.05, 0) is 18.4 Å². The van der Waals surface area contributed by atoms with Gasteiger partial charge in [-0.25, -0.2) is 0 Å². The highest BCUT2D eigenvalue weighted by atomic mass is 16.6. The lowest BCUT2D eigenvalue weighted by atomic mass is 10.2. The van der Waals surface area contributed by atoms with E-state index in [4.69, 9.17) is 10.00 Å². The van der Waals surface area contributed by atoms with Crippen molar-refractivity contribution in [2.75, 3.05) is 6.61 Å². The molecule has 1 aromatic carbocycles. The molecule has 1 aromatic heterocycles. The summed E-state index contributed by atoms with van der Waals surface area (Å²) in [6.45, 7) is 2.06. The van der Waals surface area contributed by atoms with Crippen molar-refractivity contribution in [1.82, 2.24) is 0 Å². The van der Waals surface area contributed by atoms with Crippen molar-refractivity contribution in [2.45, 2.75) is 6.92 Å². The predicted molar refractivity (Wildman–Crippen MR) is 67.2 cm³/mol. The number of benzene rings is 1. The van der Waals surface area contributed by atoms with E-state index in [0.29, 0.717) is 6.61 Å². The van der Waals surface area contributed by atoms with Crippen LogP contribution in [0.2, 0.25) is 0 Å². The summed E-state index contributed by atoms with van der Waals surface area (Å²) in [5, 5.41) is 20.8. The summed E-state index contributed by atoms with van der Waals surface area (Å²) in [6, 6.07) is 11.6. The number of nitriles is 1. The third kappa shape index (κ3) is 2.25. The quantitative estimate of drug-likeness (QED) is 0.510. The van der Waals surface area contributed by atoms with Crippen LogP contribution in [0.15, 0.2) is 48.7 Å². The van der Waals surface area contributed by atoms with Gasteiger partial charge in [-0.3, -0.25) is 0 Å². The molecule has 0 radical (unpaired) electrons. The van der Waals surface area contributed by atoms with Crippen molar-refractivity contribution in [3.63, 3.8) is 0 Å². The van der Waals surface area contributed by atoms with Crippen LogP contribution in [0, 0.1) is 11.3 Å². The summed E-state index contributed by atoms with van der Waals surface area (Å²) in [4.78, 5) is 0. The lowest BCUT2D eigenvalue weighted by molar-refractivity contribution is -0.578. The normalized spacial score (nSPS) is 11.8. The van der Waals surface area contributed by atoms with Crippen molar-refractivity contribution in [1.29, 1.82) is 5.26 Å². The molecule has 90 valence electrons. The van der Waals surface area contributed by atoms with Gasteiger partial charge in [0.05, 0.1) is 6.61 Å². The van der Waals surface area contributed by atoms with Gasteiger partial charge < -0.3 is 9.84 Å². The maximum absolute atomic E-state index is 9.65. The number of rotatable bonds is 3. The average Bonchev–Trinajstić information content (AvgIpc) is 2.40. The molecule has 0 bridgehead atoms. The molecule has 2 aromatic rings. The molecule has 0 saturated heterocycles. The van der Waals surface area contributed by atoms with E-state index >= 15 is 0 Å². The van der Waals surface area contributed by atoms with E-state index in [1.807, 2.05) is 36.4 Å². The number of hydrogen-bond acceptors (Lipinski definition) is 3. The van der Waals surface area contributed by atoms with Crippen LogP contribution in [0.4, 0.5) is 0 Å². The molecule has 0 aliphatic rings. The molecular formula is C14H13N2O2+. The summed E-state index contributed by atoms with van der Waals surface area (Å²) < 4.78 is 6.50. The summed E-state index contributed by atoms with van der Waals surface area (Å²) in [7, 11) is 0. The minimum Gasteiger partial charge on any atom is -0.476 e. The second-order valence-corrected chi connectivity index (χ2v) is 3.68. The molecule has 1 N–H and O–H groups in total. The van der Waals surface area contributed by atoms with Crippen molar-refractivity contribution in [3.05, 3.63) is 48.7 Å². The SMILES string of the molecule is CCO/C(O)=C(\C#N)[n+]1ccc2ccccc2c1. The summed E-state index contributed by atoms with van der Waals surface area (Å²) in [5.74, 6) is -0.361. The number of aliphatic hydroxyl groups excluding tert-OH is 1. The maximum Gasteiger partial charge on any atom is 0.369 e. The zero-order valence-corrected chi connectivity index (χ0v) is 10.00. The first kappa shape index (κ1) is 11.9. The van der Waals surface area contributed by atoms with Gasteiger partial charge in [-0.2, -0.15) is 9.83 Å². The molecule has 0 aliphatic carbocycles. The zero-order valence-electron chi connectivity index (χ0n) is 10.00. The Morgan fingerprint density at radius 3 is 2.72 bits per heavy atom. The van der Waals surface area contributed by atoms with E-state index in [-0.39, 0.29) is 11.6 Å². The molecule has 0 spiro atoms. The number of pyridine rings is 1. The number of allylic oxidation sites excluding steroid dienone is 1. The lowest BCUT2D eigenvalue weighted by Crippen LogP contribution is -2.32. The van der Waals surface area contributed by atoms with Crippen molar-refractivity contribution < 1.29 is 14.4 Å². The number of fused-ring (bicyclic) bond motifs is 1. The Morgan fingerprint density at radius 1 is 1.33 bits per heavy atom. The Bertz CT molecular complexity index is 642. The van der Waals surface area contributed by atoms with Gasteiger partial charge in [0.15, 0.2) is 18.5 Å². The molecule has 4 heteroatoms. The fourth-order valence-corrected chi connectivity index (χ4v) is 1.69. The van der Waals surface area contributed by atoms with E-state index in [0.717, 1.165) is 10.8 Å². The predicted octanol–water partition coefficient (Wildman–Crippen LogP) is 2.37. The van der Waals surface area contributed by atoms with Gasteiger partial charge in [0.1, 0.15) is 0 Å². The topological polar surface area (TPSA) is 57.1 Å². The Labute approximate surface area is 105 Å². The monoisotopic (exact) mass is 241 g/mol. The molecule has 18 heavy (non-hydrogen) atoms. The van der Waals surface area contributed by atoms with E-state index in [9.17, 15) is 5.11 Å². The Morgan fingerprint density at radius 2 is 2.06 bits per heavy atom. The standard InChI is InChI=1S/C14H12N2O2/c1-2-18-14(17)13(9-15)16-8-7-11-5-3-4-6-12(11)10-16/h3-8,10H,2H2,1H3/p+1/b14-13+. The highest BCUT2D eigenvalue weighted by Gasteiger charge is 2.18. The highest BCUT2D eigenvalue weighted by Crippen LogP contribution is 2.11. The number of nitrogens with zero attached hydrogens (tertiary/aromatic N) is 2. The number of aromatic nitrogens is 1. The first-order chi connectivity index (χ1) is 8.76. The summed E-state index contributed by atoms with van der Waals surface area (Å²) in [5.41, 5.74) is 0.0719. The molecule has 4 nitrogen and oxygen atoms in total. The minimum absolute atomic E-state index is 0.0719. The summed E-state index contributed by atoms with van der Waals surface area (Å²) >= 11 is 0. The number of aliphatic hydroxyl groups is 1. The number of hydrogen-bond donors (Lipinski definition) is 1. The molecule has 1 heterocycles. The zero-order chi connectivity index (χ0) is 13.0. The Hall–Kier alpha value is -2.54. The van der Waals surface area contributed by atoms with Gasteiger partial charge in [0, 0.05) is 11.5 Å². The fraction of sp³-hybridized carbons (Fsp3) is 0.143. The van der Waals surface area contributed by atoms with Crippen molar-refractivity contribution in [3.8, 4) is 6.07 Å². The molecule has 0 aliphatic heterocycles. The highest BCUT2D eigenvalue weighted by molar-refractivity contribution is 5.80. The maximum atomic E-state index is 9.65. The average molecular weight is 241 g/mol. The van der Waals surface area contributed by atoms with E-state index in [1.54, 1.807) is 23.9 Å². The Kier molecular flexibility index (Phi) is 3.44. The number of ether oxygens (including phenoxy) is 1. The largest absolute Gasteiger partial charge is 0.476 e. The van der Waals surface area contributed by atoms with Crippen LogP contribution in [0.1, 0.15) is 6.92 Å². The molecule has 0 saturated carbocycles. The molecule has 0 fully saturated rings. The summed E-state index contributed by atoms with van der Waals surface area (Å²) in [6.07, 6.45) is 3.50. The molecule has 0 atom stereocenters. The van der Waals surface area contributed by atoms with Gasteiger partial charge in [0.25, 0.3) is 0 Å². The van der Waals surface area contributed by atoms with Gasteiger partial charge in [-0.15, -0.1) is 0 Å². The van der Waals surface area contributed by atoms with Crippen LogP contribution < -0.4 is 4.57 Å². The fourth-order valence-electron chi connectivity index (χ4n) is 1.69. The minimum atomic E-state index is -0.361. The first-order valence-electron chi connectivity index (χ1n) is 5.63. The van der Waals surface area contributed by atoms with Gasteiger partial charge in [-0.1, -0.05) is 18.2 Å². The van der Waals surface area contributed by atoms with Crippen LogP contribution in [0.3, 0.4) is 0 Å². The molecule has 2 rings (SSSR count). The van der Waals surface area contributed by atoms with Crippen molar-refractivity contribution in [2.24, 2.45) is 0 Å². The van der Waals surface area contributed by atoms with Crippen LogP contribution in [0.5, 0.6) is 0 Å². The van der Waals surface area contributed by atoms with E-state index < -0.39 is 0 Å². The van der Waals surface area contributed by atoms with E-state index in [2.05, 4.69) is 0 Å². The third-order valence-electron chi connectivity index (χ3n) is 2.54. The van der Waals surface area contributed by atoms with Crippen molar-refractivity contribution >= 4 is 16.5 Å². The van der Waals surface area contributed by atoms with E-state index in [1.165, 1.54) is 0 Å². The second-order valence-electron chi connectivity index (χ2n) is 3.68. The van der Waals surface area contributed by atoms with Crippen LogP contribution in [-0.4, -0.2) is 11.7 Å². The third-order valence-corrected chi connectivity index (χ3v) is 2.54. The second kappa shape index (κ2) is 5.19. The molecule has 0 unspecified atom stereocenters. The van der Waals surface area contributed by atoms with Crippen LogP contribution in [0.25, 0.3) is 16.5 Å². The van der Waals surface area contributed by atoms with Gasteiger partial charge >= 0.3 is 11.6 Å². The smallest absolute Gasteiger partial charge is 0.369 e. The Balaban J connectivity index is 2.53. The van der Waals surface area contributed by atoms with Crippen LogP contribution in [-0.2, 0) is 4.74 Å². The molecular weight excluding hydrogens is 228 g/mol. The van der Waals surface area contributed by atoms with Crippen LogP contribution >= 0.6 is 0 Å².